The average molecular weight is 395 g/mol. The number of phenolic OH excluding ortho intramolecular Hbond substituents is 1. The summed E-state index contributed by atoms with van der Waals surface area (Å²) in [6.45, 7) is 4.87. The number of carbonyl (C=O) groups is 1. The first kappa shape index (κ1) is 19.1. The molecular formula is C22H23N2O5+. The highest BCUT2D eigenvalue weighted by Gasteiger charge is 2.33. The van der Waals surface area contributed by atoms with E-state index in [1.165, 1.54) is 29.5 Å². The number of ketones is 1. The summed E-state index contributed by atoms with van der Waals surface area (Å²) in [5, 5.41) is 21.4. The predicted octanol–water partition coefficient (Wildman–Crippen LogP) is 2.73. The third kappa shape index (κ3) is 3.86. The SMILES string of the molecule is C[C@@H]1CCC[NH+](Cc2c(O)ccc3c2O/C(=C\c2cccc([N+](=O)[O-])c2)C3=O)C1. The monoisotopic (exact) mass is 395 g/mol. The van der Waals surface area contributed by atoms with Gasteiger partial charge in [-0.3, -0.25) is 14.9 Å². The Labute approximate surface area is 168 Å². The lowest BCUT2D eigenvalue weighted by molar-refractivity contribution is -0.922. The molecule has 0 aromatic heterocycles. The third-order valence-corrected chi connectivity index (χ3v) is 5.59. The van der Waals surface area contributed by atoms with Gasteiger partial charge in [0.15, 0.2) is 11.5 Å². The van der Waals surface area contributed by atoms with Gasteiger partial charge in [-0.1, -0.05) is 19.1 Å². The van der Waals surface area contributed by atoms with Gasteiger partial charge in [0.1, 0.15) is 12.3 Å². The van der Waals surface area contributed by atoms with Crippen molar-refractivity contribution in [2.24, 2.45) is 5.92 Å². The van der Waals surface area contributed by atoms with Gasteiger partial charge in [-0.15, -0.1) is 0 Å². The molecule has 2 aromatic rings. The summed E-state index contributed by atoms with van der Waals surface area (Å²) < 4.78 is 5.87. The molecule has 2 N–H and O–H groups in total. The van der Waals surface area contributed by atoms with Gasteiger partial charge in [0.2, 0.25) is 5.78 Å². The van der Waals surface area contributed by atoms with Gasteiger partial charge < -0.3 is 14.7 Å². The molecule has 1 saturated heterocycles. The molecule has 7 nitrogen and oxygen atoms in total. The lowest BCUT2D eigenvalue weighted by Crippen LogP contribution is -3.12. The van der Waals surface area contributed by atoms with Crippen LogP contribution in [0.25, 0.3) is 6.08 Å². The Morgan fingerprint density at radius 2 is 2.17 bits per heavy atom. The number of benzene rings is 2. The number of piperidine rings is 1. The van der Waals surface area contributed by atoms with Gasteiger partial charge in [0.25, 0.3) is 5.69 Å². The van der Waals surface area contributed by atoms with E-state index in [4.69, 9.17) is 4.74 Å². The Bertz CT molecular complexity index is 1010. The highest BCUT2D eigenvalue weighted by molar-refractivity contribution is 6.15. The number of ether oxygens (including phenoxy) is 1. The fourth-order valence-corrected chi connectivity index (χ4v) is 4.16. The molecule has 0 amide bonds. The van der Waals surface area contributed by atoms with E-state index < -0.39 is 4.92 Å². The Morgan fingerprint density at radius 3 is 2.93 bits per heavy atom. The van der Waals surface area contributed by atoms with Crippen LogP contribution in [-0.2, 0) is 6.54 Å². The van der Waals surface area contributed by atoms with Crippen LogP contribution >= 0.6 is 0 Å². The number of Topliss-reactive ketones (excluding diaryl/α,β-unsaturated/α-hetero) is 1. The topological polar surface area (TPSA) is 94.1 Å². The second-order valence-electron chi connectivity index (χ2n) is 7.86. The normalized spacial score (nSPS) is 22.4. The number of nitrogens with zero attached hydrogens (tertiary/aromatic N) is 1. The summed E-state index contributed by atoms with van der Waals surface area (Å²) in [6.07, 6.45) is 3.86. The maximum atomic E-state index is 12.8. The number of hydrogen-bond acceptors (Lipinski definition) is 5. The Morgan fingerprint density at radius 1 is 1.34 bits per heavy atom. The number of nitro benzene ring substituents is 1. The second-order valence-corrected chi connectivity index (χ2v) is 7.86. The minimum atomic E-state index is -0.480. The summed E-state index contributed by atoms with van der Waals surface area (Å²) >= 11 is 0. The van der Waals surface area contributed by atoms with Crippen molar-refractivity contribution < 1.29 is 24.5 Å². The number of allylic oxidation sites excluding steroid dienone is 1. The molecular weight excluding hydrogens is 372 g/mol. The summed E-state index contributed by atoms with van der Waals surface area (Å²) in [5.74, 6) is 0.977. The molecule has 2 aliphatic rings. The van der Waals surface area contributed by atoms with E-state index >= 15 is 0 Å². The van der Waals surface area contributed by atoms with E-state index in [9.17, 15) is 20.0 Å². The van der Waals surface area contributed by atoms with Crippen molar-refractivity contribution in [2.75, 3.05) is 13.1 Å². The Kier molecular flexibility index (Phi) is 5.07. The largest absolute Gasteiger partial charge is 0.507 e. The Balaban J connectivity index is 1.64. The van der Waals surface area contributed by atoms with Crippen LogP contribution in [0.3, 0.4) is 0 Å². The lowest BCUT2D eigenvalue weighted by Gasteiger charge is -2.28. The van der Waals surface area contributed by atoms with Crippen LogP contribution in [0.2, 0.25) is 0 Å². The number of rotatable bonds is 4. The number of nitro groups is 1. The third-order valence-electron chi connectivity index (χ3n) is 5.59. The molecule has 29 heavy (non-hydrogen) atoms. The molecule has 0 spiro atoms. The first-order valence-corrected chi connectivity index (χ1v) is 9.79. The highest BCUT2D eigenvalue weighted by atomic mass is 16.6. The van der Waals surface area contributed by atoms with Crippen LogP contribution in [0.5, 0.6) is 11.5 Å². The zero-order valence-corrected chi connectivity index (χ0v) is 16.2. The van der Waals surface area contributed by atoms with Gasteiger partial charge in [-0.05, 0) is 36.6 Å². The first-order chi connectivity index (χ1) is 13.9. The molecule has 1 fully saturated rings. The molecule has 2 aliphatic heterocycles. The van der Waals surface area contributed by atoms with Crippen LogP contribution < -0.4 is 9.64 Å². The summed E-state index contributed by atoms with van der Waals surface area (Å²) in [7, 11) is 0. The summed E-state index contributed by atoms with van der Waals surface area (Å²) in [6, 6.07) is 9.14. The fraction of sp³-hybridized carbons (Fsp3) is 0.318. The number of non-ortho nitro benzene ring substituents is 1. The van der Waals surface area contributed by atoms with Crippen molar-refractivity contribution in [3.63, 3.8) is 0 Å². The molecule has 2 heterocycles. The van der Waals surface area contributed by atoms with Gasteiger partial charge in [-0.25, -0.2) is 0 Å². The molecule has 2 aromatic carbocycles. The molecule has 0 radical (unpaired) electrons. The van der Waals surface area contributed by atoms with E-state index in [0.29, 0.717) is 34.9 Å². The smallest absolute Gasteiger partial charge is 0.270 e. The van der Waals surface area contributed by atoms with Crippen molar-refractivity contribution in [2.45, 2.75) is 26.3 Å². The van der Waals surface area contributed by atoms with Crippen molar-refractivity contribution in [3.8, 4) is 11.5 Å². The lowest BCUT2D eigenvalue weighted by atomic mass is 9.99. The van der Waals surface area contributed by atoms with Crippen LogP contribution in [-0.4, -0.2) is 28.9 Å². The molecule has 0 aliphatic carbocycles. The number of aromatic hydroxyl groups is 1. The highest BCUT2D eigenvalue weighted by Crippen LogP contribution is 2.39. The maximum absolute atomic E-state index is 12.8. The number of quaternary nitrogens is 1. The van der Waals surface area contributed by atoms with Gasteiger partial charge in [-0.2, -0.15) is 0 Å². The van der Waals surface area contributed by atoms with Crippen LogP contribution in [0.15, 0.2) is 42.2 Å². The van der Waals surface area contributed by atoms with E-state index in [0.717, 1.165) is 19.5 Å². The predicted molar refractivity (Wildman–Crippen MR) is 107 cm³/mol. The molecule has 1 unspecified atom stereocenters. The van der Waals surface area contributed by atoms with Crippen LogP contribution in [0.1, 0.15) is 41.3 Å². The first-order valence-electron chi connectivity index (χ1n) is 9.79. The number of likely N-dealkylation sites (tertiary alicyclic amines) is 1. The number of hydrogen-bond donors (Lipinski definition) is 2. The van der Waals surface area contributed by atoms with E-state index in [1.807, 2.05) is 0 Å². The number of phenols is 1. The van der Waals surface area contributed by atoms with E-state index in [-0.39, 0.29) is 23.0 Å². The summed E-state index contributed by atoms with van der Waals surface area (Å²) in [5.41, 5.74) is 1.52. The number of fused-ring (bicyclic) bond motifs is 1. The molecule has 7 heteroatoms. The van der Waals surface area contributed by atoms with Crippen LogP contribution in [0, 0.1) is 16.0 Å². The molecule has 0 bridgehead atoms. The number of nitrogens with one attached hydrogen (secondary N) is 1. The zero-order valence-electron chi connectivity index (χ0n) is 16.2. The van der Waals surface area contributed by atoms with E-state index in [1.54, 1.807) is 24.3 Å². The molecule has 0 saturated carbocycles. The molecule has 150 valence electrons. The summed E-state index contributed by atoms with van der Waals surface area (Å²) in [4.78, 5) is 24.7. The van der Waals surface area contributed by atoms with Crippen molar-refractivity contribution >= 4 is 17.5 Å². The minimum Gasteiger partial charge on any atom is -0.507 e. The average Bonchev–Trinajstić information content (AvgIpc) is 3.00. The van der Waals surface area contributed by atoms with Crippen molar-refractivity contribution in [1.82, 2.24) is 0 Å². The van der Waals surface area contributed by atoms with Crippen LogP contribution in [0.4, 0.5) is 5.69 Å². The van der Waals surface area contributed by atoms with Gasteiger partial charge in [0.05, 0.1) is 29.1 Å². The number of carbonyl (C=O) groups excluding carboxylic acids is 1. The maximum Gasteiger partial charge on any atom is 0.270 e. The quantitative estimate of drug-likeness (QED) is 0.472. The molecule has 2 atom stereocenters. The standard InChI is InChI=1S/C22H22N2O5/c1-14-4-3-9-23(12-14)13-18-19(25)8-7-17-21(26)20(29-22(17)18)11-15-5-2-6-16(10-15)24(27)28/h2,5-8,10-11,14,25H,3-4,9,12-13H2,1H3/p+1/b20-11-/t14-/m1/s1. The fourth-order valence-electron chi connectivity index (χ4n) is 4.16. The minimum absolute atomic E-state index is 0.0524. The zero-order chi connectivity index (χ0) is 20.5. The van der Waals surface area contributed by atoms with Gasteiger partial charge in [0, 0.05) is 18.1 Å². The Hall–Kier alpha value is -3.19. The molecule has 4 rings (SSSR count). The van der Waals surface area contributed by atoms with Crippen molar-refractivity contribution in [3.05, 3.63) is 69.0 Å². The van der Waals surface area contributed by atoms with Gasteiger partial charge >= 0.3 is 0 Å². The van der Waals surface area contributed by atoms with E-state index in [2.05, 4.69) is 6.92 Å². The van der Waals surface area contributed by atoms with Crippen molar-refractivity contribution in [1.29, 1.82) is 0 Å². The second kappa shape index (κ2) is 7.67.